The van der Waals surface area contributed by atoms with Crippen LogP contribution in [0, 0.1) is 5.41 Å². The van der Waals surface area contributed by atoms with Crippen LogP contribution in [-0.4, -0.2) is 70.8 Å². The fraction of sp³-hybridized carbons (Fsp3) is 0.476. The largest absolute Gasteiger partial charge is 0.490 e. The lowest BCUT2D eigenvalue weighted by Crippen LogP contribution is -2.40. The van der Waals surface area contributed by atoms with Gasteiger partial charge < -0.3 is 14.7 Å². The molecule has 174 valence electrons. The Balaban J connectivity index is 0.000000360. The zero-order valence-corrected chi connectivity index (χ0v) is 18.1. The number of alkyl halides is 3. The topological polar surface area (TPSA) is 83.0 Å². The molecule has 1 spiro atoms. The number of amides is 1. The lowest BCUT2D eigenvalue weighted by molar-refractivity contribution is -0.192. The van der Waals surface area contributed by atoms with Crippen LogP contribution in [0.15, 0.2) is 42.0 Å². The molecule has 1 atom stereocenters. The van der Waals surface area contributed by atoms with Crippen molar-refractivity contribution in [1.29, 1.82) is 0 Å². The SMILES string of the molecule is O=C(O)C(F)(F)F.O=C1CC2(COCCN(Cc3ccccc3)C2)CN1Cc1cncs1. The monoisotopic (exact) mass is 471 g/mol. The smallest absolute Gasteiger partial charge is 0.475 e. The standard InChI is InChI=1S/C19H23N3O2S.C2HF3O2/c23-18-8-19(13-22(18)11-17-9-20-15-25-17)12-21(6-7-24-14-19)10-16-4-2-1-3-5-16;3-2(4,5)1(6)7/h1-5,9,15H,6-8,10-14H2;(H,6,7). The maximum Gasteiger partial charge on any atom is 0.490 e. The summed E-state index contributed by atoms with van der Waals surface area (Å²) < 4.78 is 37.6. The number of nitrogens with zero attached hydrogens (tertiary/aromatic N) is 3. The van der Waals surface area contributed by atoms with E-state index in [0.29, 0.717) is 19.6 Å². The highest BCUT2D eigenvalue weighted by atomic mass is 32.1. The molecule has 0 aliphatic carbocycles. The van der Waals surface area contributed by atoms with Crippen molar-refractivity contribution in [1.82, 2.24) is 14.8 Å². The molecule has 1 aromatic heterocycles. The van der Waals surface area contributed by atoms with Gasteiger partial charge in [-0.05, 0) is 5.56 Å². The lowest BCUT2D eigenvalue weighted by Gasteiger charge is -2.31. The minimum atomic E-state index is -5.08. The maximum atomic E-state index is 12.6. The quantitative estimate of drug-likeness (QED) is 0.738. The Morgan fingerprint density at radius 3 is 2.56 bits per heavy atom. The van der Waals surface area contributed by atoms with Crippen LogP contribution in [0.3, 0.4) is 0 Å². The minimum Gasteiger partial charge on any atom is -0.475 e. The molecule has 3 heterocycles. The third kappa shape index (κ3) is 6.75. The Labute approximate surface area is 187 Å². The molecule has 2 fully saturated rings. The van der Waals surface area contributed by atoms with E-state index in [4.69, 9.17) is 14.6 Å². The van der Waals surface area contributed by atoms with E-state index in [1.54, 1.807) is 11.3 Å². The normalized spacial score (nSPS) is 21.8. The minimum absolute atomic E-state index is 0.0902. The highest BCUT2D eigenvalue weighted by Crippen LogP contribution is 2.35. The fourth-order valence-electron chi connectivity index (χ4n) is 3.89. The molecular formula is C21H24F3N3O4S. The van der Waals surface area contributed by atoms with Crippen LogP contribution >= 0.6 is 11.3 Å². The number of benzene rings is 1. The van der Waals surface area contributed by atoms with Gasteiger partial charge in [0.15, 0.2) is 0 Å². The molecule has 1 aromatic carbocycles. The zero-order valence-electron chi connectivity index (χ0n) is 17.3. The second-order valence-electron chi connectivity index (χ2n) is 7.95. The first-order chi connectivity index (χ1) is 15.2. The number of carboxylic acid groups (broad SMARTS) is 1. The van der Waals surface area contributed by atoms with Crippen molar-refractivity contribution in [3.05, 3.63) is 52.5 Å². The molecule has 32 heavy (non-hydrogen) atoms. The Kier molecular flexibility index (Phi) is 7.86. The van der Waals surface area contributed by atoms with Gasteiger partial charge >= 0.3 is 12.1 Å². The van der Waals surface area contributed by atoms with Crippen molar-refractivity contribution in [2.75, 3.05) is 32.8 Å². The van der Waals surface area contributed by atoms with Gasteiger partial charge in [0.2, 0.25) is 5.91 Å². The number of thiazole rings is 1. The number of hydrogen-bond donors (Lipinski definition) is 1. The van der Waals surface area contributed by atoms with Gasteiger partial charge in [0.05, 0.1) is 25.3 Å². The zero-order chi connectivity index (χ0) is 23.2. The van der Waals surface area contributed by atoms with Crippen molar-refractivity contribution < 1.29 is 32.6 Å². The fourth-order valence-corrected chi connectivity index (χ4v) is 4.50. The summed E-state index contributed by atoms with van der Waals surface area (Å²) in [7, 11) is 0. The number of rotatable bonds is 4. The number of likely N-dealkylation sites (tertiary alicyclic amines) is 1. The van der Waals surface area contributed by atoms with Gasteiger partial charge in [0.25, 0.3) is 0 Å². The highest BCUT2D eigenvalue weighted by molar-refractivity contribution is 7.09. The number of aliphatic carboxylic acids is 1. The summed E-state index contributed by atoms with van der Waals surface area (Å²) in [6.45, 7) is 5.58. The predicted octanol–water partition coefficient (Wildman–Crippen LogP) is 3.03. The predicted molar refractivity (Wildman–Crippen MR) is 111 cm³/mol. The van der Waals surface area contributed by atoms with Crippen molar-refractivity contribution in [2.24, 2.45) is 5.41 Å². The number of carboxylic acids is 1. The van der Waals surface area contributed by atoms with E-state index in [-0.39, 0.29) is 11.3 Å². The van der Waals surface area contributed by atoms with Gasteiger partial charge in [-0.15, -0.1) is 11.3 Å². The van der Waals surface area contributed by atoms with E-state index < -0.39 is 12.1 Å². The third-order valence-corrected chi connectivity index (χ3v) is 6.01. The molecule has 2 aliphatic heterocycles. The molecule has 11 heteroatoms. The summed E-state index contributed by atoms with van der Waals surface area (Å²) >= 11 is 1.61. The van der Waals surface area contributed by atoms with Crippen LogP contribution in [0.4, 0.5) is 13.2 Å². The van der Waals surface area contributed by atoms with Crippen LogP contribution in [0.2, 0.25) is 0 Å². The summed E-state index contributed by atoms with van der Waals surface area (Å²) in [5.41, 5.74) is 3.04. The van der Waals surface area contributed by atoms with E-state index >= 15 is 0 Å². The van der Waals surface area contributed by atoms with Crippen molar-refractivity contribution in [3.63, 3.8) is 0 Å². The van der Waals surface area contributed by atoms with Crippen LogP contribution in [0.1, 0.15) is 16.9 Å². The molecule has 0 radical (unpaired) electrons. The van der Waals surface area contributed by atoms with Gasteiger partial charge in [-0.3, -0.25) is 14.7 Å². The van der Waals surface area contributed by atoms with E-state index in [9.17, 15) is 18.0 Å². The van der Waals surface area contributed by atoms with Gasteiger partial charge in [-0.25, -0.2) is 4.79 Å². The summed E-state index contributed by atoms with van der Waals surface area (Å²) in [6, 6.07) is 10.5. The number of hydrogen-bond acceptors (Lipinski definition) is 6. The van der Waals surface area contributed by atoms with Gasteiger partial charge in [0.1, 0.15) is 0 Å². The average Bonchev–Trinajstić information content (AvgIpc) is 3.29. The second kappa shape index (κ2) is 10.4. The van der Waals surface area contributed by atoms with Gasteiger partial charge in [-0.2, -0.15) is 13.2 Å². The first kappa shape index (κ1) is 24.1. The van der Waals surface area contributed by atoms with Crippen LogP contribution in [0.25, 0.3) is 0 Å². The van der Waals surface area contributed by atoms with Crippen LogP contribution < -0.4 is 0 Å². The summed E-state index contributed by atoms with van der Waals surface area (Å²) in [4.78, 5) is 31.1. The van der Waals surface area contributed by atoms with Gasteiger partial charge in [-0.1, -0.05) is 30.3 Å². The summed E-state index contributed by atoms with van der Waals surface area (Å²) in [5.74, 6) is -2.52. The second-order valence-corrected chi connectivity index (χ2v) is 8.92. The highest BCUT2D eigenvalue weighted by Gasteiger charge is 2.45. The maximum absolute atomic E-state index is 12.6. The number of carbonyl (C=O) groups excluding carboxylic acids is 1. The number of halogens is 3. The number of ether oxygens (including phenoxy) is 1. The Morgan fingerprint density at radius 2 is 1.94 bits per heavy atom. The average molecular weight is 472 g/mol. The lowest BCUT2D eigenvalue weighted by atomic mass is 9.87. The van der Waals surface area contributed by atoms with E-state index in [0.717, 1.165) is 37.7 Å². The van der Waals surface area contributed by atoms with Crippen LogP contribution in [-0.2, 0) is 27.4 Å². The van der Waals surface area contributed by atoms with E-state index in [1.807, 2.05) is 22.7 Å². The third-order valence-electron chi connectivity index (χ3n) is 5.25. The molecule has 2 saturated heterocycles. The molecule has 1 amide bonds. The van der Waals surface area contributed by atoms with Crippen molar-refractivity contribution in [2.45, 2.75) is 25.7 Å². The molecule has 4 rings (SSSR count). The Bertz CT molecular complexity index is 895. The Morgan fingerprint density at radius 1 is 1.22 bits per heavy atom. The Hall–Kier alpha value is -2.50. The molecular weight excluding hydrogens is 447 g/mol. The molecule has 0 bridgehead atoms. The molecule has 2 aromatic rings. The summed E-state index contributed by atoms with van der Waals surface area (Å²) in [5, 5.41) is 7.12. The molecule has 7 nitrogen and oxygen atoms in total. The first-order valence-corrected chi connectivity index (χ1v) is 10.8. The van der Waals surface area contributed by atoms with Crippen molar-refractivity contribution in [3.8, 4) is 0 Å². The van der Waals surface area contributed by atoms with Crippen molar-refractivity contribution >= 4 is 23.2 Å². The first-order valence-electron chi connectivity index (χ1n) is 9.96. The molecule has 2 aliphatic rings. The summed E-state index contributed by atoms with van der Waals surface area (Å²) in [6.07, 6.45) is -2.65. The number of aromatic nitrogens is 1. The number of carbonyl (C=O) groups is 2. The molecule has 1 N–H and O–H groups in total. The molecule has 0 saturated carbocycles. The van der Waals surface area contributed by atoms with Crippen LogP contribution in [0.5, 0.6) is 0 Å². The van der Waals surface area contributed by atoms with Gasteiger partial charge in [0, 0.05) is 49.1 Å². The van der Waals surface area contributed by atoms with E-state index in [1.165, 1.54) is 5.56 Å². The molecule has 1 unspecified atom stereocenters. The van der Waals surface area contributed by atoms with E-state index in [2.05, 4.69) is 34.1 Å².